The molecule has 0 saturated carbocycles. The Bertz CT molecular complexity index is 483. The van der Waals surface area contributed by atoms with Crippen LogP contribution in [0.2, 0.25) is 0 Å². The summed E-state index contributed by atoms with van der Waals surface area (Å²) in [6, 6.07) is 3.35. The van der Waals surface area contributed by atoms with Gasteiger partial charge in [-0.2, -0.15) is 0 Å². The van der Waals surface area contributed by atoms with Crippen molar-refractivity contribution in [2.75, 3.05) is 5.32 Å². The van der Waals surface area contributed by atoms with Crippen LogP contribution in [0.15, 0.2) is 18.2 Å². The predicted molar refractivity (Wildman–Crippen MR) is 74.2 cm³/mol. The van der Waals surface area contributed by atoms with Gasteiger partial charge in [0.1, 0.15) is 5.82 Å². The van der Waals surface area contributed by atoms with Gasteiger partial charge in [0.2, 0.25) is 0 Å². The third-order valence-corrected chi connectivity index (χ3v) is 2.98. The molecular weight excluding hydrogens is 263 g/mol. The van der Waals surface area contributed by atoms with E-state index in [1.54, 1.807) is 19.1 Å². The highest BCUT2D eigenvalue weighted by atomic mass is 19.1. The maximum absolute atomic E-state index is 13.6. The monoisotopic (exact) mass is 282 g/mol. The Morgan fingerprint density at radius 3 is 2.50 bits per heavy atom. The normalized spacial score (nSPS) is 12.1. The first-order valence-corrected chi connectivity index (χ1v) is 6.35. The number of carboxylic acids is 1. The standard InChI is InChI=1S/C14H19FN2O3/c1-8(2)11(7-12(18)19)16-14(20)17-13-9(3)5-4-6-10(13)15/h4-6,8,11H,7H2,1-3H3,(H,18,19)(H2,16,17,20). The Morgan fingerprint density at radius 2 is 2.00 bits per heavy atom. The van der Waals surface area contributed by atoms with E-state index in [1.165, 1.54) is 6.07 Å². The van der Waals surface area contributed by atoms with E-state index in [1.807, 2.05) is 13.8 Å². The lowest BCUT2D eigenvalue weighted by atomic mass is 10.0. The van der Waals surface area contributed by atoms with Crippen molar-refractivity contribution in [1.29, 1.82) is 0 Å². The molecule has 5 nitrogen and oxygen atoms in total. The van der Waals surface area contributed by atoms with Gasteiger partial charge in [-0.1, -0.05) is 26.0 Å². The number of hydrogen-bond acceptors (Lipinski definition) is 2. The molecule has 1 atom stereocenters. The molecule has 1 aromatic rings. The molecule has 0 heterocycles. The second kappa shape index (κ2) is 6.88. The number of carboxylic acid groups (broad SMARTS) is 1. The van der Waals surface area contributed by atoms with Crippen molar-refractivity contribution < 1.29 is 19.1 Å². The number of carbonyl (C=O) groups excluding carboxylic acids is 1. The number of urea groups is 1. The van der Waals surface area contributed by atoms with Crippen LogP contribution < -0.4 is 10.6 Å². The number of anilines is 1. The van der Waals surface area contributed by atoms with E-state index in [9.17, 15) is 14.0 Å². The smallest absolute Gasteiger partial charge is 0.319 e. The summed E-state index contributed by atoms with van der Waals surface area (Å²) in [5.41, 5.74) is 0.697. The Hall–Kier alpha value is -2.11. The Kier molecular flexibility index (Phi) is 5.49. The number of amides is 2. The predicted octanol–water partition coefficient (Wildman–Crippen LogP) is 2.75. The molecule has 0 radical (unpaired) electrons. The van der Waals surface area contributed by atoms with E-state index in [0.29, 0.717) is 5.56 Å². The molecule has 0 saturated heterocycles. The summed E-state index contributed by atoms with van der Waals surface area (Å²) in [5, 5.41) is 13.8. The van der Waals surface area contributed by atoms with Crippen molar-refractivity contribution in [3.05, 3.63) is 29.6 Å². The van der Waals surface area contributed by atoms with Crippen molar-refractivity contribution in [1.82, 2.24) is 5.32 Å². The third kappa shape index (κ3) is 4.53. The van der Waals surface area contributed by atoms with E-state index >= 15 is 0 Å². The highest BCUT2D eigenvalue weighted by molar-refractivity contribution is 5.90. The molecule has 1 aromatic carbocycles. The molecule has 2 amide bonds. The first kappa shape index (κ1) is 15.9. The van der Waals surface area contributed by atoms with Crippen molar-refractivity contribution in [2.45, 2.75) is 33.2 Å². The third-order valence-electron chi connectivity index (χ3n) is 2.98. The molecule has 1 rings (SSSR count). The fourth-order valence-electron chi connectivity index (χ4n) is 1.75. The van der Waals surface area contributed by atoms with Crippen LogP contribution in [0.5, 0.6) is 0 Å². The summed E-state index contributed by atoms with van der Waals surface area (Å²) < 4.78 is 13.6. The summed E-state index contributed by atoms with van der Waals surface area (Å²) >= 11 is 0. The number of aryl methyl sites for hydroxylation is 1. The van der Waals surface area contributed by atoms with Gasteiger partial charge in [-0.3, -0.25) is 4.79 Å². The largest absolute Gasteiger partial charge is 0.481 e. The van der Waals surface area contributed by atoms with E-state index in [2.05, 4.69) is 10.6 Å². The molecule has 0 aliphatic rings. The van der Waals surface area contributed by atoms with Crippen LogP contribution in [0.3, 0.4) is 0 Å². The highest BCUT2D eigenvalue weighted by Crippen LogP contribution is 2.18. The van der Waals surface area contributed by atoms with Gasteiger partial charge in [-0.25, -0.2) is 9.18 Å². The van der Waals surface area contributed by atoms with Crippen molar-refractivity contribution in [3.8, 4) is 0 Å². The van der Waals surface area contributed by atoms with Gasteiger partial charge in [0.25, 0.3) is 0 Å². The minimum Gasteiger partial charge on any atom is -0.481 e. The number of rotatable bonds is 5. The van der Waals surface area contributed by atoms with Crippen LogP contribution >= 0.6 is 0 Å². The SMILES string of the molecule is Cc1cccc(F)c1NC(=O)NC(CC(=O)O)C(C)C. The molecule has 0 fully saturated rings. The number of carbonyl (C=O) groups is 2. The molecule has 6 heteroatoms. The molecule has 20 heavy (non-hydrogen) atoms. The molecular formula is C14H19FN2O3. The van der Waals surface area contributed by atoms with Gasteiger partial charge in [0.15, 0.2) is 0 Å². The van der Waals surface area contributed by atoms with Crippen molar-refractivity contribution >= 4 is 17.7 Å². The zero-order valence-corrected chi connectivity index (χ0v) is 11.7. The van der Waals surface area contributed by atoms with Gasteiger partial charge in [-0.15, -0.1) is 0 Å². The number of para-hydroxylation sites is 1. The summed E-state index contributed by atoms with van der Waals surface area (Å²) in [5.74, 6) is -1.57. The van der Waals surface area contributed by atoms with Crippen LogP contribution in [0.25, 0.3) is 0 Å². The second-order valence-electron chi connectivity index (χ2n) is 4.98. The minimum absolute atomic E-state index is 0.0430. The maximum Gasteiger partial charge on any atom is 0.319 e. The lowest BCUT2D eigenvalue weighted by molar-refractivity contribution is -0.137. The topological polar surface area (TPSA) is 78.4 Å². The summed E-state index contributed by atoms with van der Waals surface area (Å²) in [4.78, 5) is 22.6. The average Bonchev–Trinajstić information content (AvgIpc) is 2.32. The number of aliphatic carboxylic acids is 1. The van der Waals surface area contributed by atoms with Crippen LogP contribution in [0.1, 0.15) is 25.8 Å². The first-order valence-electron chi connectivity index (χ1n) is 6.35. The van der Waals surface area contributed by atoms with Crippen LogP contribution in [-0.2, 0) is 4.79 Å². The van der Waals surface area contributed by atoms with E-state index in [0.717, 1.165) is 0 Å². The van der Waals surface area contributed by atoms with Gasteiger partial charge >= 0.3 is 12.0 Å². The number of benzene rings is 1. The molecule has 1 unspecified atom stereocenters. The number of halogens is 1. The summed E-state index contributed by atoms with van der Waals surface area (Å²) in [7, 11) is 0. The molecule has 0 aliphatic heterocycles. The highest BCUT2D eigenvalue weighted by Gasteiger charge is 2.20. The zero-order valence-electron chi connectivity index (χ0n) is 11.7. The minimum atomic E-state index is -0.994. The second-order valence-corrected chi connectivity index (χ2v) is 4.98. The molecule has 0 spiro atoms. The molecule has 110 valence electrons. The fourth-order valence-corrected chi connectivity index (χ4v) is 1.75. The first-order chi connectivity index (χ1) is 9.31. The Balaban J connectivity index is 2.73. The quantitative estimate of drug-likeness (QED) is 0.777. The van der Waals surface area contributed by atoms with Crippen LogP contribution in [-0.4, -0.2) is 23.1 Å². The Morgan fingerprint density at radius 1 is 1.35 bits per heavy atom. The Labute approximate surface area is 117 Å². The molecule has 3 N–H and O–H groups in total. The van der Waals surface area contributed by atoms with E-state index in [-0.39, 0.29) is 18.0 Å². The van der Waals surface area contributed by atoms with Gasteiger partial charge in [-0.05, 0) is 24.5 Å². The van der Waals surface area contributed by atoms with Gasteiger partial charge in [0.05, 0.1) is 12.1 Å². The van der Waals surface area contributed by atoms with Crippen molar-refractivity contribution in [2.24, 2.45) is 5.92 Å². The maximum atomic E-state index is 13.6. The van der Waals surface area contributed by atoms with Gasteiger partial charge < -0.3 is 15.7 Å². The number of hydrogen-bond donors (Lipinski definition) is 3. The average molecular weight is 282 g/mol. The fraction of sp³-hybridized carbons (Fsp3) is 0.429. The zero-order chi connectivity index (χ0) is 15.3. The molecule has 0 aliphatic carbocycles. The van der Waals surface area contributed by atoms with E-state index < -0.39 is 23.9 Å². The lowest BCUT2D eigenvalue weighted by Gasteiger charge is -2.21. The van der Waals surface area contributed by atoms with E-state index in [4.69, 9.17) is 5.11 Å². The number of nitrogens with one attached hydrogen (secondary N) is 2. The van der Waals surface area contributed by atoms with Crippen molar-refractivity contribution in [3.63, 3.8) is 0 Å². The summed E-state index contributed by atoms with van der Waals surface area (Å²) in [6.07, 6.45) is -0.179. The molecule has 0 aromatic heterocycles. The molecule has 0 bridgehead atoms. The van der Waals surface area contributed by atoms with Gasteiger partial charge in [0, 0.05) is 6.04 Å². The van der Waals surface area contributed by atoms with Crippen LogP contribution in [0, 0.1) is 18.7 Å². The summed E-state index contributed by atoms with van der Waals surface area (Å²) in [6.45, 7) is 5.29. The van der Waals surface area contributed by atoms with Crippen LogP contribution in [0.4, 0.5) is 14.9 Å². The lowest BCUT2D eigenvalue weighted by Crippen LogP contribution is -2.42.